The van der Waals surface area contributed by atoms with Crippen LogP contribution in [-0.2, 0) is 7.05 Å². The minimum absolute atomic E-state index is 0.0673. The van der Waals surface area contributed by atoms with Gasteiger partial charge in [0.15, 0.2) is 0 Å². The lowest BCUT2D eigenvalue weighted by molar-refractivity contribution is 0.109. The van der Waals surface area contributed by atoms with Gasteiger partial charge in [-0.2, -0.15) is 5.26 Å². The number of fused-ring (bicyclic) bond motifs is 1. The van der Waals surface area contributed by atoms with Crippen molar-refractivity contribution in [1.29, 1.82) is 5.26 Å². The monoisotopic (exact) mass is 428 g/mol. The maximum absolute atomic E-state index is 12.6. The molecule has 6 heteroatoms. The zero-order chi connectivity index (χ0) is 22.2. The molecule has 0 bridgehead atoms. The van der Waals surface area contributed by atoms with Crippen LogP contribution in [0.1, 0.15) is 49.8 Å². The van der Waals surface area contributed by atoms with Gasteiger partial charge in [-0.05, 0) is 55.0 Å². The average molecular weight is 429 g/mol. The van der Waals surface area contributed by atoms with Crippen LogP contribution in [-0.4, -0.2) is 28.7 Å². The lowest BCUT2D eigenvalue weighted by atomic mass is 9.91. The molecular weight excluding hydrogens is 400 g/mol. The molecule has 2 aliphatic rings. The third-order valence-corrected chi connectivity index (χ3v) is 6.91. The van der Waals surface area contributed by atoms with Gasteiger partial charge in [-0.15, -0.1) is 0 Å². The molecule has 6 nitrogen and oxygen atoms in total. The molecule has 3 heterocycles. The largest absolute Gasteiger partial charge is 0.490 e. The Labute approximate surface area is 188 Å². The van der Waals surface area contributed by atoms with E-state index in [4.69, 9.17) is 4.74 Å². The Balaban J connectivity index is 1.41. The number of ether oxygens (including phenoxy) is 1. The van der Waals surface area contributed by atoms with E-state index in [0.717, 1.165) is 42.9 Å². The number of anilines is 1. The van der Waals surface area contributed by atoms with Crippen molar-refractivity contribution >= 4 is 16.7 Å². The Morgan fingerprint density at radius 2 is 2.03 bits per heavy atom. The van der Waals surface area contributed by atoms with Crippen LogP contribution in [0.5, 0.6) is 5.75 Å². The van der Waals surface area contributed by atoms with E-state index < -0.39 is 0 Å². The number of piperidine rings is 1. The number of pyridine rings is 2. The highest BCUT2D eigenvalue weighted by Gasteiger charge is 2.31. The van der Waals surface area contributed by atoms with Gasteiger partial charge in [-0.3, -0.25) is 4.79 Å². The van der Waals surface area contributed by atoms with Gasteiger partial charge < -0.3 is 14.2 Å². The fraction of sp³-hybridized carbons (Fsp3) is 0.423. The van der Waals surface area contributed by atoms with Crippen LogP contribution < -0.4 is 15.2 Å². The van der Waals surface area contributed by atoms with E-state index in [1.807, 2.05) is 6.07 Å². The minimum atomic E-state index is -0.0673. The van der Waals surface area contributed by atoms with Crippen LogP contribution in [0.15, 0.2) is 47.3 Å². The molecule has 1 aliphatic heterocycles. The van der Waals surface area contributed by atoms with Gasteiger partial charge in [0.05, 0.1) is 11.2 Å². The number of aromatic nitrogens is 2. The standard InChI is InChI=1S/C26H28N4O2/c1-3-17-16-30(12-11-24(17)32-21-6-4-5-19(13-21)18-7-8-18)23-14-25(31)29(2)22-10-9-20(15-27)28-26(22)23/h4-6,9-10,13-14,17-18,24H,3,7-8,11-12,16H2,1-2H3/t17?,24-/m0/s1. The second-order valence-corrected chi connectivity index (χ2v) is 9.01. The number of hydrogen-bond donors (Lipinski definition) is 0. The molecule has 5 rings (SSSR count). The predicted octanol–water partition coefficient (Wildman–Crippen LogP) is 4.37. The van der Waals surface area contributed by atoms with Crippen LogP contribution >= 0.6 is 0 Å². The van der Waals surface area contributed by atoms with E-state index >= 15 is 0 Å². The highest BCUT2D eigenvalue weighted by Crippen LogP contribution is 2.41. The summed E-state index contributed by atoms with van der Waals surface area (Å²) in [7, 11) is 1.74. The molecule has 164 valence electrons. The number of nitrogens with zero attached hydrogens (tertiary/aromatic N) is 4. The lowest BCUT2D eigenvalue weighted by Gasteiger charge is -2.39. The maximum Gasteiger partial charge on any atom is 0.252 e. The summed E-state index contributed by atoms with van der Waals surface area (Å²) in [5.74, 6) is 2.01. The van der Waals surface area contributed by atoms with Crippen LogP contribution in [0.25, 0.3) is 11.0 Å². The molecule has 1 aliphatic carbocycles. The fourth-order valence-electron chi connectivity index (χ4n) is 4.83. The quantitative estimate of drug-likeness (QED) is 0.604. The smallest absolute Gasteiger partial charge is 0.252 e. The number of hydrogen-bond acceptors (Lipinski definition) is 5. The molecule has 1 saturated heterocycles. The molecular formula is C26H28N4O2. The SMILES string of the molecule is CCC1CN(c2cc(=O)n(C)c3ccc(C#N)nc23)CC[C@@H]1Oc1cccc(C2CC2)c1. The molecule has 3 aromatic rings. The first-order valence-electron chi connectivity index (χ1n) is 11.5. The van der Waals surface area contributed by atoms with Crippen molar-refractivity contribution in [3.8, 4) is 11.8 Å². The Kier molecular flexibility index (Phi) is 5.34. The van der Waals surface area contributed by atoms with Gasteiger partial charge in [0, 0.05) is 38.5 Å². The first kappa shape index (κ1) is 20.6. The Hall–Kier alpha value is -3.33. The average Bonchev–Trinajstić information content (AvgIpc) is 3.67. The summed E-state index contributed by atoms with van der Waals surface area (Å²) in [6, 6.07) is 15.8. The fourth-order valence-corrected chi connectivity index (χ4v) is 4.83. The van der Waals surface area contributed by atoms with E-state index in [1.165, 1.54) is 18.4 Å². The second kappa shape index (κ2) is 8.31. The van der Waals surface area contributed by atoms with Crippen LogP contribution in [0.4, 0.5) is 5.69 Å². The van der Waals surface area contributed by atoms with Crippen molar-refractivity contribution in [3.63, 3.8) is 0 Å². The summed E-state index contributed by atoms with van der Waals surface area (Å²) >= 11 is 0. The van der Waals surface area contributed by atoms with Crippen LogP contribution in [0, 0.1) is 17.2 Å². The molecule has 2 aromatic heterocycles. The molecule has 1 unspecified atom stereocenters. The van der Waals surface area contributed by atoms with Gasteiger partial charge in [0.1, 0.15) is 29.1 Å². The van der Waals surface area contributed by atoms with Gasteiger partial charge in [-0.25, -0.2) is 4.98 Å². The summed E-state index contributed by atoms with van der Waals surface area (Å²) in [6.45, 7) is 3.77. The van der Waals surface area contributed by atoms with E-state index in [1.54, 1.807) is 23.7 Å². The van der Waals surface area contributed by atoms with E-state index in [9.17, 15) is 10.1 Å². The second-order valence-electron chi connectivity index (χ2n) is 9.01. The highest BCUT2D eigenvalue weighted by atomic mass is 16.5. The number of nitriles is 1. The van der Waals surface area contributed by atoms with Gasteiger partial charge in [-0.1, -0.05) is 19.1 Å². The van der Waals surface area contributed by atoms with Crippen molar-refractivity contribution in [3.05, 3.63) is 64.1 Å². The van der Waals surface area contributed by atoms with Gasteiger partial charge in [0.25, 0.3) is 5.56 Å². The van der Waals surface area contributed by atoms with Gasteiger partial charge in [0.2, 0.25) is 0 Å². The van der Waals surface area contributed by atoms with Crippen LogP contribution in [0.3, 0.4) is 0 Å². The van der Waals surface area contributed by atoms with Crippen molar-refractivity contribution in [2.75, 3.05) is 18.0 Å². The normalized spacial score (nSPS) is 20.8. The van der Waals surface area contributed by atoms with Crippen LogP contribution in [0.2, 0.25) is 0 Å². The van der Waals surface area contributed by atoms with Crippen molar-refractivity contribution in [2.24, 2.45) is 13.0 Å². The molecule has 0 N–H and O–H groups in total. The zero-order valence-corrected chi connectivity index (χ0v) is 18.6. The van der Waals surface area contributed by atoms with E-state index in [-0.39, 0.29) is 11.7 Å². The van der Waals surface area contributed by atoms with Gasteiger partial charge >= 0.3 is 0 Å². The number of aryl methyl sites for hydroxylation is 1. The molecule has 0 amide bonds. The molecule has 32 heavy (non-hydrogen) atoms. The van der Waals surface area contributed by atoms with Crippen molar-refractivity contribution in [1.82, 2.24) is 9.55 Å². The molecule has 2 atom stereocenters. The zero-order valence-electron chi connectivity index (χ0n) is 18.6. The van der Waals surface area contributed by atoms with Crippen molar-refractivity contribution in [2.45, 2.75) is 44.6 Å². The topological polar surface area (TPSA) is 71.2 Å². The number of rotatable bonds is 5. The van der Waals surface area contributed by atoms with E-state index in [0.29, 0.717) is 23.0 Å². The third-order valence-electron chi connectivity index (χ3n) is 6.91. The predicted molar refractivity (Wildman–Crippen MR) is 125 cm³/mol. The molecule has 0 spiro atoms. The summed E-state index contributed by atoms with van der Waals surface area (Å²) in [5, 5.41) is 9.32. The molecule has 1 saturated carbocycles. The molecule has 0 radical (unpaired) electrons. The Morgan fingerprint density at radius 1 is 1.19 bits per heavy atom. The maximum atomic E-state index is 12.6. The molecule has 1 aromatic carbocycles. The Morgan fingerprint density at radius 3 is 2.78 bits per heavy atom. The highest BCUT2D eigenvalue weighted by molar-refractivity contribution is 5.88. The first-order valence-corrected chi connectivity index (χ1v) is 11.5. The molecule has 2 fully saturated rings. The Bertz CT molecular complexity index is 1250. The minimum Gasteiger partial charge on any atom is -0.490 e. The third kappa shape index (κ3) is 3.84. The van der Waals surface area contributed by atoms with Crippen molar-refractivity contribution < 1.29 is 4.74 Å². The van der Waals surface area contributed by atoms with E-state index in [2.05, 4.69) is 47.1 Å². The summed E-state index contributed by atoms with van der Waals surface area (Å²) in [6.07, 6.45) is 4.58. The summed E-state index contributed by atoms with van der Waals surface area (Å²) in [4.78, 5) is 19.4. The summed E-state index contributed by atoms with van der Waals surface area (Å²) in [5.41, 5.74) is 3.94. The lowest BCUT2D eigenvalue weighted by Crippen LogP contribution is -2.46. The first-order chi connectivity index (χ1) is 15.6. The number of benzene rings is 1. The summed E-state index contributed by atoms with van der Waals surface area (Å²) < 4.78 is 8.07.